The minimum atomic E-state index is -0.923. The van der Waals surface area contributed by atoms with Gasteiger partial charge in [0.1, 0.15) is 5.56 Å². The molecule has 7 heteroatoms. The fourth-order valence-electron chi connectivity index (χ4n) is 2.39. The Morgan fingerprint density at radius 3 is 2.54 bits per heavy atom. The summed E-state index contributed by atoms with van der Waals surface area (Å²) in [7, 11) is 1.15. The van der Waals surface area contributed by atoms with Crippen molar-refractivity contribution in [1.29, 1.82) is 0 Å². The molecular formula is C17H13NO6. The van der Waals surface area contributed by atoms with Crippen LogP contribution in [-0.2, 0) is 11.3 Å². The van der Waals surface area contributed by atoms with Crippen molar-refractivity contribution in [3.05, 3.63) is 74.5 Å². The molecule has 0 saturated carbocycles. The van der Waals surface area contributed by atoms with Gasteiger partial charge in [-0.1, -0.05) is 30.3 Å². The second-order valence-corrected chi connectivity index (χ2v) is 5.07. The Morgan fingerprint density at radius 2 is 1.88 bits per heavy atom. The molecule has 0 aliphatic carbocycles. The first-order valence-electron chi connectivity index (χ1n) is 7.04. The summed E-state index contributed by atoms with van der Waals surface area (Å²) in [6, 6.07) is 11.5. The van der Waals surface area contributed by atoms with Gasteiger partial charge in [-0.2, -0.15) is 0 Å². The summed E-state index contributed by atoms with van der Waals surface area (Å²) in [5.41, 5.74) is -0.385. The molecule has 0 spiro atoms. The highest BCUT2D eigenvalue weighted by Crippen LogP contribution is 2.26. The van der Waals surface area contributed by atoms with Gasteiger partial charge in [0.15, 0.2) is 11.3 Å². The SMILES string of the molecule is COC(=O)c1ccc2c(=O)n(Cc3ccccc3)c(=O)oc2c1O. The molecule has 1 aromatic heterocycles. The van der Waals surface area contributed by atoms with Gasteiger partial charge in [-0.3, -0.25) is 4.79 Å². The number of phenolic OH excluding ortho intramolecular Hbond substituents is 1. The number of rotatable bonds is 3. The first-order valence-corrected chi connectivity index (χ1v) is 7.04. The number of carbonyl (C=O) groups is 1. The van der Waals surface area contributed by atoms with Crippen LogP contribution < -0.4 is 11.3 Å². The molecule has 0 radical (unpaired) electrons. The number of methoxy groups -OCH3 is 1. The lowest BCUT2D eigenvalue weighted by Gasteiger charge is -2.08. The van der Waals surface area contributed by atoms with E-state index in [-0.39, 0.29) is 23.1 Å². The maximum absolute atomic E-state index is 12.5. The largest absolute Gasteiger partial charge is 0.504 e. The minimum absolute atomic E-state index is 0.00400. The molecule has 24 heavy (non-hydrogen) atoms. The Hall–Kier alpha value is -3.35. The number of aromatic hydroxyl groups is 1. The van der Waals surface area contributed by atoms with E-state index in [9.17, 15) is 19.5 Å². The number of hydrogen-bond donors (Lipinski definition) is 1. The van der Waals surface area contributed by atoms with Crippen molar-refractivity contribution in [1.82, 2.24) is 4.57 Å². The third kappa shape index (κ3) is 2.56. The summed E-state index contributed by atoms with van der Waals surface area (Å²) >= 11 is 0. The number of carbonyl (C=O) groups excluding carboxylic acids is 1. The van der Waals surface area contributed by atoms with Gasteiger partial charge < -0.3 is 14.3 Å². The van der Waals surface area contributed by atoms with Crippen LogP contribution in [0.1, 0.15) is 15.9 Å². The predicted octanol–water partition coefficient (Wildman–Crippen LogP) is 1.50. The van der Waals surface area contributed by atoms with Crippen molar-refractivity contribution in [2.75, 3.05) is 7.11 Å². The Bertz CT molecular complexity index is 1030. The van der Waals surface area contributed by atoms with Crippen molar-refractivity contribution < 1.29 is 19.1 Å². The van der Waals surface area contributed by atoms with Crippen molar-refractivity contribution >= 4 is 16.9 Å². The summed E-state index contributed by atoms with van der Waals surface area (Å²) in [4.78, 5) is 36.2. The summed E-state index contributed by atoms with van der Waals surface area (Å²) in [5, 5.41) is 10.1. The summed E-state index contributed by atoms with van der Waals surface area (Å²) < 4.78 is 10.5. The quantitative estimate of drug-likeness (QED) is 0.732. The smallest absolute Gasteiger partial charge is 0.422 e. The molecule has 3 aromatic rings. The van der Waals surface area contributed by atoms with Crippen LogP contribution in [0.2, 0.25) is 0 Å². The molecule has 0 bridgehead atoms. The second kappa shape index (κ2) is 6.04. The molecule has 122 valence electrons. The monoisotopic (exact) mass is 327 g/mol. The number of ether oxygens (including phenoxy) is 1. The van der Waals surface area contributed by atoms with Crippen molar-refractivity contribution in [2.45, 2.75) is 6.54 Å². The topological polar surface area (TPSA) is 98.7 Å². The molecular weight excluding hydrogens is 314 g/mol. The zero-order valence-corrected chi connectivity index (χ0v) is 12.7. The van der Waals surface area contributed by atoms with E-state index in [0.29, 0.717) is 0 Å². The Balaban J connectivity index is 2.20. The zero-order valence-electron chi connectivity index (χ0n) is 12.7. The number of nitrogens with zero attached hydrogens (tertiary/aromatic N) is 1. The average molecular weight is 327 g/mol. The zero-order chi connectivity index (χ0) is 17.3. The highest BCUT2D eigenvalue weighted by atomic mass is 16.5. The van der Waals surface area contributed by atoms with E-state index in [0.717, 1.165) is 17.2 Å². The molecule has 0 aliphatic rings. The van der Waals surface area contributed by atoms with Crippen LogP contribution in [0.15, 0.2) is 56.5 Å². The van der Waals surface area contributed by atoms with Crippen molar-refractivity contribution in [3.8, 4) is 5.75 Å². The number of phenols is 1. The van der Waals surface area contributed by atoms with Gasteiger partial charge >= 0.3 is 11.7 Å². The van der Waals surface area contributed by atoms with Gasteiger partial charge in [0, 0.05) is 0 Å². The highest BCUT2D eigenvalue weighted by molar-refractivity contribution is 5.98. The van der Waals surface area contributed by atoms with Crippen LogP contribution >= 0.6 is 0 Å². The molecule has 0 aliphatic heterocycles. The average Bonchev–Trinajstić information content (AvgIpc) is 2.60. The number of esters is 1. The molecule has 7 nitrogen and oxygen atoms in total. The Morgan fingerprint density at radius 1 is 1.17 bits per heavy atom. The standard InChI is InChI=1S/C17H13NO6/c1-23-16(21)11-7-8-12-14(13(11)19)24-17(22)18(15(12)20)9-10-5-3-2-4-6-10/h2-8,19H,9H2,1H3. The van der Waals surface area contributed by atoms with E-state index in [1.54, 1.807) is 24.3 Å². The van der Waals surface area contributed by atoms with E-state index in [1.807, 2.05) is 6.07 Å². The fourth-order valence-corrected chi connectivity index (χ4v) is 2.39. The van der Waals surface area contributed by atoms with Gasteiger partial charge in [0.05, 0.1) is 19.0 Å². The Labute approximate surface area is 135 Å². The molecule has 0 atom stereocenters. The van der Waals surface area contributed by atoms with E-state index < -0.39 is 23.0 Å². The van der Waals surface area contributed by atoms with Crippen LogP contribution in [0.5, 0.6) is 5.75 Å². The first-order chi connectivity index (χ1) is 11.5. The molecule has 2 aromatic carbocycles. The Kier molecular flexibility index (Phi) is 3.91. The van der Waals surface area contributed by atoms with Crippen LogP contribution in [0.4, 0.5) is 0 Å². The van der Waals surface area contributed by atoms with Gasteiger partial charge in [-0.25, -0.2) is 14.2 Å². The molecule has 1 heterocycles. The van der Waals surface area contributed by atoms with Crippen LogP contribution in [0, 0.1) is 0 Å². The molecule has 0 fully saturated rings. The number of aromatic nitrogens is 1. The van der Waals surface area contributed by atoms with E-state index >= 15 is 0 Å². The third-order valence-electron chi connectivity index (χ3n) is 3.61. The van der Waals surface area contributed by atoms with Crippen LogP contribution in [0.25, 0.3) is 11.0 Å². The number of hydrogen-bond acceptors (Lipinski definition) is 6. The van der Waals surface area contributed by atoms with E-state index in [2.05, 4.69) is 4.74 Å². The molecule has 1 N–H and O–H groups in total. The van der Waals surface area contributed by atoms with Gasteiger partial charge in [0.25, 0.3) is 5.56 Å². The fraction of sp³-hybridized carbons (Fsp3) is 0.118. The van der Waals surface area contributed by atoms with E-state index in [1.165, 1.54) is 12.1 Å². The lowest BCUT2D eigenvalue weighted by atomic mass is 10.1. The van der Waals surface area contributed by atoms with Gasteiger partial charge in [-0.05, 0) is 17.7 Å². The molecule has 0 amide bonds. The van der Waals surface area contributed by atoms with E-state index in [4.69, 9.17) is 4.42 Å². The summed E-state index contributed by atoms with van der Waals surface area (Å²) in [6.45, 7) is 0.0391. The maximum atomic E-state index is 12.5. The lowest BCUT2D eigenvalue weighted by Crippen LogP contribution is -2.33. The third-order valence-corrected chi connectivity index (χ3v) is 3.61. The lowest BCUT2D eigenvalue weighted by molar-refractivity contribution is 0.0597. The van der Waals surface area contributed by atoms with Crippen LogP contribution in [0.3, 0.4) is 0 Å². The molecule has 0 unspecified atom stereocenters. The molecule has 0 saturated heterocycles. The summed E-state index contributed by atoms with van der Waals surface area (Å²) in [6.07, 6.45) is 0. The summed E-state index contributed by atoms with van der Waals surface area (Å²) in [5.74, 6) is -2.32. The normalized spacial score (nSPS) is 10.7. The van der Waals surface area contributed by atoms with Gasteiger partial charge in [-0.15, -0.1) is 0 Å². The highest BCUT2D eigenvalue weighted by Gasteiger charge is 2.19. The first kappa shape index (κ1) is 15.5. The second-order valence-electron chi connectivity index (χ2n) is 5.07. The predicted molar refractivity (Wildman–Crippen MR) is 85.3 cm³/mol. The van der Waals surface area contributed by atoms with Gasteiger partial charge in [0.2, 0.25) is 0 Å². The minimum Gasteiger partial charge on any atom is -0.504 e. The van der Waals surface area contributed by atoms with Crippen LogP contribution in [-0.4, -0.2) is 22.8 Å². The number of fused-ring (bicyclic) bond motifs is 1. The van der Waals surface area contributed by atoms with Crippen molar-refractivity contribution in [3.63, 3.8) is 0 Å². The maximum Gasteiger partial charge on any atom is 0.422 e. The molecule has 3 rings (SSSR count). The van der Waals surface area contributed by atoms with Crippen molar-refractivity contribution in [2.24, 2.45) is 0 Å². The number of benzene rings is 2.